The minimum Gasteiger partial charge on any atom is -0.396 e. The lowest BCUT2D eigenvalue weighted by Gasteiger charge is -2.17. The molecular weight excluding hydrogens is 322 g/mol. The van der Waals surface area contributed by atoms with Crippen molar-refractivity contribution >= 4 is 39.3 Å². The molecule has 2 N–H and O–H groups in total. The summed E-state index contributed by atoms with van der Waals surface area (Å²) < 4.78 is 1.02. The van der Waals surface area contributed by atoms with Gasteiger partial charge in [0.05, 0.1) is 0 Å². The van der Waals surface area contributed by atoms with E-state index in [0.29, 0.717) is 6.04 Å². The highest BCUT2D eigenvalue weighted by Gasteiger charge is 2.08. The average Bonchev–Trinajstić information content (AvgIpc) is 2.28. The summed E-state index contributed by atoms with van der Waals surface area (Å²) >= 11 is 11.2. The molecule has 0 saturated carbocycles. The van der Waals surface area contributed by atoms with Gasteiger partial charge in [-0.05, 0) is 30.4 Å². The zero-order valence-corrected chi connectivity index (χ0v) is 12.9. The van der Waals surface area contributed by atoms with Gasteiger partial charge in [0, 0.05) is 34.4 Å². The molecule has 0 bridgehead atoms. The molecule has 5 heteroatoms. The molecule has 1 atom stereocenters. The average molecular weight is 339 g/mol. The van der Waals surface area contributed by atoms with Gasteiger partial charge >= 0.3 is 0 Å². The van der Waals surface area contributed by atoms with Crippen LogP contribution < -0.4 is 5.32 Å². The van der Waals surface area contributed by atoms with E-state index in [1.807, 2.05) is 18.2 Å². The molecule has 96 valence electrons. The Hall–Kier alpha value is 0.260. The summed E-state index contributed by atoms with van der Waals surface area (Å²) in [5.41, 5.74) is 1.18. The lowest BCUT2D eigenvalue weighted by molar-refractivity contribution is 0.269. The van der Waals surface area contributed by atoms with E-state index in [0.717, 1.165) is 28.2 Å². The van der Waals surface area contributed by atoms with Crippen molar-refractivity contribution in [2.45, 2.75) is 19.0 Å². The predicted molar refractivity (Wildman–Crippen MR) is 79.9 cm³/mol. The molecule has 1 aromatic rings. The first kappa shape index (κ1) is 15.3. The zero-order chi connectivity index (χ0) is 12.7. The van der Waals surface area contributed by atoms with Gasteiger partial charge in [-0.1, -0.05) is 33.6 Å². The van der Waals surface area contributed by atoms with Crippen LogP contribution in [0.1, 0.15) is 12.0 Å². The molecule has 17 heavy (non-hydrogen) atoms. The second kappa shape index (κ2) is 8.38. The van der Waals surface area contributed by atoms with Crippen LogP contribution in [0, 0.1) is 0 Å². The number of rotatable bonds is 7. The van der Waals surface area contributed by atoms with E-state index in [1.54, 1.807) is 11.8 Å². The molecule has 0 spiro atoms. The third-order valence-electron chi connectivity index (χ3n) is 2.44. The highest BCUT2D eigenvalue weighted by atomic mass is 79.9. The first-order chi connectivity index (χ1) is 8.17. The molecule has 2 nitrogen and oxygen atoms in total. The summed E-state index contributed by atoms with van der Waals surface area (Å²) in [4.78, 5) is 0. The molecular formula is C12H17BrClNOS. The van der Waals surface area contributed by atoms with Gasteiger partial charge in [-0.2, -0.15) is 11.8 Å². The number of halogens is 2. The Morgan fingerprint density at radius 3 is 2.88 bits per heavy atom. The molecule has 1 aromatic carbocycles. The minimum absolute atomic E-state index is 0.222. The van der Waals surface area contributed by atoms with E-state index >= 15 is 0 Å². The maximum atomic E-state index is 8.98. The molecule has 0 saturated heterocycles. The third kappa shape index (κ3) is 5.62. The Morgan fingerprint density at radius 1 is 1.53 bits per heavy atom. The van der Waals surface area contributed by atoms with Crippen molar-refractivity contribution in [3.63, 3.8) is 0 Å². The highest BCUT2D eigenvalue weighted by Crippen LogP contribution is 2.21. The van der Waals surface area contributed by atoms with E-state index in [9.17, 15) is 0 Å². The van der Waals surface area contributed by atoms with Crippen molar-refractivity contribution in [3.8, 4) is 0 Å². The van der Waals surface area contributed by atoms with Crippen LogP contribution in [0.5, 0.6) is 0 Å². The number of aliphatic hydroxyl groups excluding tert-OH is 1. The molecule has 0 radical (unpaired) electrons. The Balaban J connectivity index is 2.52. The van der Waals surface area contributed by atoms with Gasteiger partial charge in [0.15, 0.2) is 0 Å². The summed E-state index contributed by atoms with van der Waals surface area (Å²) in [6.07, 6.45) is 2.86. The van der Waals surface area contributed by atoms with Crippen LogP contribution in [0.2, 0.25) is 5.02 Å². The van der Waals surface area contributed by atoms with Crippen molar-refractivity contribution in [3.05, 3.63) is 33.3 Å². The van der Waals surface area contributed by atoms with Crippen molar-refractivity contribution in [1.82, 2.24) is 5.32 Å². The summed E-state index contributed by atoms with van der Waals surface area (Å²) in [5.74, 6) is 1.01. The summed E-state index contributed by atoms with van der Waals surface area (Å²) in [5, 5.41) is 13.2. The number of nitrogens with one attached hydrogen (secondary N) is 1. The normalized spacial score (nSPS) is 12.7. The van der Waals surface area contributed by atoms with Gasteiger partial charge in [-0.25, -0.2) is 0 Å². The smallest absolute Gasteiger partial charge is 0.0446 e. The second-order valence-electron chi connectivity index (χ2n) is 3.78. The van der Waals surface area contributed by atoms with Gasteiger partial charge in [0.1, 0.15) is 0 Å². The van der Waals surface area contributed by atoms with Gasteiger partial charge in [-0.15, -0.1) is 0 Å². The fraction of sp³-hybridized carbons (Fsp3) is 0.500. The van der Waals surface area contributed by atoms with Gasteiger partial charge in [0.25, 0.3) is 0 Å². The van der Waals surface area contributed by atoms with E-state index in [4.69, 9.17) is 16.7 Å². The molecule has 0 heterocycles. The van der Waals surface area contributed by atoms with Crippen molar-refractivity contribution in [1.29, 1.82) is 0 Å². The molecule has 0 aliphatic rings. The molecule has 0 aliphatic heterocycles. The van der Waals surface area contributed by atoms with Crippen LogP contribution in [-0.2, 0) is 6.54 Å². The highest BCUT2D eigenvalue weighted by molar-refractivity contribution is 9.10. The molecule has 0 fully saturated rings. The molecule has 0 aromatic heterocycles. The predicted octanol–water partition coefficient (Wildman–Crippen LogP) is 3.31. The maximum absolute atomic E-state index is 8.98. The summed E-state index contributed by atoms with van der Waals surface area (Å²) in [6.45, 7) is 1.00. The molecule has 0 aliphatic carbocycles. The van der Waals surface area contributed by atoms with Gasteiger partial charge in [-0.3, -0.25) is 0 Å². The molecule has 0 amide bonds. The molecule has 1 unspecified atom stereocenters. The summed E-state index contributed by atoms with van der Waals surface area (Å²) in [6, 6.07) is 6.14. The lowest BCUT2D eigenvalue weighted by atomic mass is 10.2. The van der Waals surface area contributed by atoms with E-state index in [1.165, 1.54) is 5.56 Å². The van der Waals surface area contributed by atoms with Crippen LogP contribution in [0.3, 0.4) is 0 Å². The number of hydrogen-bond acceptors (Lipinski definition) is 3. The third-order valence-corrected chi connectivity index (χ3v) is 4.15. The quantitative estimate of drug-likeness (QED) is 0.800. The Morgan fingerprint density at radius 2 is 2.29 bits per heavy atom. The fourth-order valence-corrected chi connectivity index (χ4v) is 3.03. The maximum Gasteiger partial charge on any atom is 0.0446 e. The van der Waals surface area contributed by atoms with Crippen molar-refractivity contribution in [2.24, 2.45) is 0 Å². The Labute approximate surface area is 120 Å². The first-order valence-electron chi connectivity index (χ1n) is 5.44. The fourth-order valence-electron chi connectivity index (χ4n) is 1.52. The standard InChI is InChI=1S/C12H17BrClNOS/c1-17-8-11(4-5-16)15-7-9-2-3-10(14)6-12(9)13/h2-3,6,11,15-16H,4-5,7-8H2,1H3. The van der Waals surface area contributed by atoms with E-state index < -0.39 is 0 Å². The van der Waals surface area contributed by atoms with Crippen LogP contribution in [0.4, 0.5) is 0 Å². The van der Waals surface area contributed by atoms with E-state index in [2.05, 4.69) is 27.5 Å². The van der Waals surface area contributed by atoms with Crippen LogP contribution in [0.25, 0.3) is 0 Å². The Bertz CT molecular complexity index is 345. The largest absolute Gasteiger partial charge is 0.396 e. The minimum atomic E-state index is 0.222. The monoisotopic (exact) mass is 337 g/mol. The van der Waals surface area contributed by atoms with Gasteiger partial charge in [0.2, 0.25) is 0 Å². The van der Waals surface area contributed by atoms with Crippen molar-refractivity contribution < 1.29 is 5.11 Å². The topological polar surface area (TPSA) is 32.3 Å². The van der Waals surface area contributed by atoms with E-state index in [-0.39, 0.29) is 6.61 Å². The summed E-state index contributed by atoms with van der Waals surface area (Å²) in [7, 11) is 0. The number of hydrogen-bond donors (Lipinski definition) is 2. The number of aliphatic hydroxyl groups is 1. The Kier molecular flexibility index (Phi) is 7.55. The molecule has 1 rings (SSSR count). The van der Waals surface area contributed by atoms with Crippen LogP contribution >= 0.6 is 39.3 Å². The number of benzene rings is 1. The van der Waals surface area contributed by atoms with Crippen molar-refractivity contribution in [2.75, 3.05) is 18.6 Å². The number of thioether (sulfide) groups is 1. The van der Waals surface area contributed by atoms with Crippen LogP contribution in [0.15, 0.2) is 22.7 Å². The lowest BCUT2D eigenvalue weighted by Crippen LogP contribution is -2.31. The SMILES string of the molecule is CSCC(CCO)NCc1ccc(Cl)cc1Br. The van der Waals surface area contributed by atoms with Crippen LogP contribution in [-0.4, -0.2) is 29.8 Å². The van der Waals surface area contributed by atoms with Gasteiger partial charge < -0.3 is 10.4 Å². The second-order valence-corrected chi connectivity index (χ2v) is 5.98. The first-order valence-corrected chi connectivity index (χ1v) is 8.01. The zero-order valence-electron chi connectivity index (χ0n) is 9.75.